The fourth-order valence-electron chi connectivity index (χ4n) is 1.47. The molecule has 72 valence electrons. The molecule has 2 N–H and O–H groups in total. The average molecular weight is 242 g/mol. The molecule has 0 aromatic heterocycles. The monoisotopic (exact) mass is 241 g/mol. The summed E-state index contributed by atoms with van der Waals surface area (Å²) in [5.74, 6) is 0.489. The third kappa shape index (κ3) is 2.25. The van der Waals surface area contributed by atoms with Gasteiger partial charge in [0, 0.05) is 10.2 Å². The molecule has 0 bridgehead atoms. The third-order valence-electron chi connectivity index (χ3n) is 2.27. The van der Waals surface area contributed by atoms with E-state index in [1.54, 1.807) is 0 Å². The van der Waals surface area contributed by atoms with Crippen molar-refractivity contribution in [3.63, 3.8) is 0 Å². The van der Waals surface area contributed by atoms with Gasteiger partial charge in [0.05, 0.1) is 0 Å². The molecule has 0 aliphatic carbocycles. The van der Waals surface area contributed by atoms with Gasteiger partial charge in [0.1, 0.15) is 0 Å². The summed E-state index contributed by atoms with van der Waals surface area (Å²) in [6.45, 7) is 6.46. The molecule has 13 heavy (non-hydrogen) atoms. The lowest BCUT2D eigenvalue weighted by Crippen LogP contribution is -2.01. The molecular formula is C11H16BrN. The normalized spacial score (nSPS) is 10.8. The van der Waals surface area contributed by atoms with Gasteiger partial charge in [-0.25, -0.2) is 0 Å². The Kier molecular flexibility index (Phi) is 3.37. The minimum absolute atomic E-state index is 0.489. The highest BCUT2D eigenvalue weighted by Gasteiger charge is 2.08. The number of hydrogen-bond acceptors (Lipinski definition) is 1. The van der Waals surface area contributed by atoms with Crippen molar-refractivity contribution < 1.29 is 0 Å². The van der Waals surface area contributed by atoms with Gasteiger partial charge in [0.15, 0.2) is 0 Å². The van der Waals surface area contributed by atoms with E-state index in [9.17, 15) is 0 Å². The van der Waals surface area contributed by atoms with Crippen molar-refractivity contribution in [2.45, 2.75) is 33.1 Å². The van der Waals surface area contributed by atoms with Crippen molar-refractivity contribution in [2.75, 3.05) is 5.73 Å². The highest BCUT2D eigenvalue weighted by molar-refractivity contribution is 9.10. The molecule has 2 heteroatoms. The van der Waals surface area contributed by atoms with Gasteiger partial charge in [-0.15, -0.1) is 0 Å². The number of nitrogen functional groups attached to an aromatic ring is 1. The first-order chi connectivity index (χ1) is 6.06. The van der Waals surface area contributed by atoms with Crippen LogP contribution in [0.4, 0.5) is 5.69 Å². The number of halogens is 1. The molecule has 0 aliphatic heterocycles. The van der Waals surface area contributed by atoms with E-state index in [-0.39, 0.29) is 0 Å². The van der Waals surface area contributed by atoms with Crippen molar-refractivity contribution in [1.29, 1.82) is 0 Å². The first-order valence-electron chi connectivity index (χ1n) is 4.64. The zero-order valence-electron chi connectivity index (χ0n) is 8.39. The molecule has 0 saturated carbocycles. The molecular weight excluding hydrogens is 226 g/mol. The molecule has 0 spiro atoms. The summed E-state index contributed by atoms with van der Waals surface area (Å²) in [5, 5.41) is 0. The van der Waals surface area contributed by atoms with Crippen LogP contribution >= 0.6 is 15.9 Å². The number of benzene rings is 1. The summed E-state index contributed by atoms with van der Waals surface area (Å²) in [6, 6.07) is 4.21. The van der Waals surface area contributed by atoms with E-state index >= 15 is 0 Å². The quantitative estimate of drug-likeness (QED) is 0.786. The van der Waals surface area contributed by atoms with Crippen molar-refractivity contribution in [2.24, 2.45) is 0 Å². The van der Waals surface area contributed by atoms with E-state index in [0.717, 1.165) is 16.6 Å². The van der Waals surface area contributed by atoms with Crippen LogP contribution in [0.5, 0.6) is 0 Å². The van der Waals surface area contributed by atoms with Crippen LogP contribution in [-0.4, -0.2) is 0 Å². The maximum Gasteiger partial charge on any atom is 0.0382 e. The van der Waals surface area contributed by atoms with Crippen molar-refractivity contribution in [3.8, 4) is 0 Å². The molecule has 1 nitrogen and oxygen atoms in total. The van der Waals surface area contributed by atoms with E-state index in [4.69, 9.17) is 5.73 Å². The average Bonchev–Trinajstić information content (AvgIpc) is 2.08. The van der Waals surface area contributed by atoms with Crippen molar-refractivity contribution >= 4 is 21.6 Å². The largest absolute Gasteiger partial charge is 0.398 e. The minimum Gasteiger partial charge on any atom is -0.398 e. The molecule has 1 aromatic carbocycles. The number of hydrogen-bond donors (Lipinski definition) is 1. The summed E-state index contributed by atoms with van der Waals surface area (Å²) in [4.78, 5) is 0. The van der Waals surface area contributed by atoms with Crippen LogP contribution in [0.2, 0.25) is 0 Å². The Balaban J connectivity index is 3.27. The molecule has 0 amide bonds. The lowest BCUT2D eigenvalue weighted by molar-refractivity contribution is 0.865. The Morgan fingerprint density at radius 3 is 2.46 bits per heavy atom. The Labute approximate surface area is 88.5 Å². The van der Waals surface area contributed by atoms with Gasteiger partial charge in [0.2, 0.25) is 0 Å². The fraction of sp³-hybridized carbons (Fsp3) is 0.455. The molecule has 0 heterocycles. The van der Waals surface area contributed by atoms with Crippen molar-refractivity contribution in [3.05, 3.63) is 27.7 Å². The van der Waals surface area contributed by atoms with E-state index in [1.807, 2.05) is 0 Å². The fourth-order valence-corrected chi connectivity index (χ4v) is 1.99. The molecule has 0 unspecified atom stereocenters. The van der Waals surface area contributed by atoms with Crippen LogP contribution in [0.3, 0.4) is 0 Å². The minimum atomic E-state index is 0.489. The van der Waals surface area contributed by atoms with Gasteiger partial charge >= 0.3 is 0 Å². The van der Waals surface area contributed by atoms with Gasteiger partial charge in [0.25, 0.3) is 0 Å². The Morgan fingerprint density at radius 2 is 2.00 bits per heavy atom. The Bertz CT molecular complexity index is 305. The van der Waals surface area contributed by atoms with Crippen LogP contribution in [0.15, 0.2) is 16.6 Å². The topological polar surface area (TPSA) is 26.0 Å². The predicted molar refractivity (Wildman–Crippen MR) is 62.0 cm³/mol. The highest BCUT2D eigenvalue weighted by Crippen LogP contribution is 2.29. The van der Waals surface area contributed by atoms with Gasteiger partial charge in [-0.2, -0.15) is 0 Å². The second kappa shape index (κ2) is 4.14. The summed E-state index contributed by atoms with van der Waals surface area (Å²) in [5.41, 5.74) is 9.48. The first kappa shape index (κ1) is 10.6. The summed E-state index contributed by atoms with van der Waals surface area (Å²) >= 11 is 3.50. The molecule has 0 radical (unpaired) electrons. The second-order valence-electron chi connectivity index (χ2n) is 3.58. The molecule has 0 atom stereocenters. The van der Waals surface area contributed by atoms with Gasteiger partial charge in [-0.3, -0.25) is 0 Å². The van der Waals surface area contributed by atoms with E-state index in [0.29, 0.717) is 5.92 Å². The second-order valence-corrected chi connectivity index (χ2v) is 4.49. The SMILES string of the molecule is CCc1cc(Br)cc(C(C)C)c1N. The molecule has 0 aliphatic rings. The predicted octanol–water partition coefficient (Wildman–Crippen LogP) is 3.72. The molecule has 0 saturated heterocycles. The summed E-state index contributed by atoms with van der Waals surface area (Å²) in [7, 11) is 0. The van der Waals surface area contributed by atoms with E-state index in [1.165, 1.54) is 11.1 Å². The highest BCUT2D eigenvalue weighted by atomic mass is 79.9. The third-order valence-corrected chi connectivity index (χ3v) is 2.72. The van der Waals surface area contributed by atoms with Crippen LogP contribution in [0.1, 0.15) is 37.8 Å². The van der Waals surface area contributed by atoms with Gasteiger partial charge < -0.3 is 5.73 Å². The standard InChI is InChI=1S/C11H16BrN/c1-4-8-5-9(12)6-10(7(2)3)11(8)13/h5-7H,4,13H2,1-3H3. The summed E-state index contributed by atoms with van der Waals surface area (Å²) in [6.07, 6.45) is 0.991. The molecule has 1 aromatic rings. The van der Waals surface area contributed by atoms with E-state index < -0.39 is 0 Å². The van der Waals surface area contributed by atoms with Gasteiger partial charge in [-0.1, -0.05) is 36.7 Å². The molecule has 1 rings (SSSR count). The van der Waals surface area contributed by atoms with Crippen LogP contribution in [0.25, 0.3) is 0 Å². The first-order valence-corrected chi connectivity index (χ1v) is 5.43. The lowest BCUT2D eigenvalue weighted by Gasteiger charge is -2.13. The Morgan fingerprint density at radius 1 is 1.38 bits per heavy atom. The maximum absolute atomic E-state index is 6.04. The van der Waals surface area contributed by atoms with Gasteiger partial charge in [-0.05, 0) is 35.6 Å². The lowest BCUT2D eigenvalue weighted by atomic mass is 9.97. The zero-order valence-corrected chi connectivity index (χ0v) is 9.98. The van der Waals surface area contributed by atoms with E-state index in [2.05, 4.69) is 48.8 Å². The smallest absolute Gasteiger partial charge is 0.0382 e. The number of nitrogens with two attached hydrogens (primary N) is 1. The number of anilines is 1. The van der Waals surface area contributed by atoms with Crippen LogP contribution in [0, 0.1) is 0 Å². The number of aryl methyl sites for hydroxylation is 1. The maximum atomic E-state index is 6.04. The van der Waals surface area contributed by atoms with Crippen LogP contribution < -0.4 is 5.73 Å². The zero-order chi connectivity index (χ0) is 10.0. The van der Waals surface area contributed by atoms with Crippen LogP contribution in [-0.2, 0) is 6.42 Å². The summed E-state index contributed by atoms with van der Waals surface area (Å²) < 4.78 is 1.13. The molecule has 0 fully saturated rings. The van der Waals surface area contributed by atoms with Crippen molar-refractivity contribution in [1.82, 2.24) is 0 Å². The Hall–Kier alpha value is -0.500. The number of rotatable bonds is 2.